The van der Waals surface area contributed by atoms with Crippen molar-refractivity contribution < 1.29 is 5.11 Å². The van der Waals surface area contributed by atoms with Gasteiger partial charge in [0.15, 0.2) is 0 Å². The molecule has 0 amide bonds. The van der Waals surface area contributed by atoms with Crippen molar-refractivity contribution >= 4 is 11.3 Å². The number of thiazole rings is 1. The molecule has 0 aliphatic rings. The molecule has 1 heterocycles. The zero-order chi connectivity index (χ0) is 13.7. The summed E-state index contributed by atoms with van der Waals surface area (Å²) in [5, 5.41) is 13.9. The maximum absolute atomic E-state index is 9.23. The lowest BCUT2D eigenvalue weighted by Gasteiger charge is -2.12. The maximum Gasteiger partial charge on any atom is 0.115 e. The van der Waals surface area contributed by atoms with E-state index in [1.807, 2.05) is 18.3 Å². The number of phenolic OH excluding ortho intramolecular Hbond substituents is 1. The van der Waals surface area contributed by atoms with Crippen LogP contribution in [0.5, 0.6) is 5.75 Å². The summed E-state index contributed by atoms with van der Waals surface area (Å²) >= 11 is 1.74. The van der Waals surface area contributed by atoms with Gasteiger partial charge in [-0.3, -0.25) is 0 Å². The largest absolute Gasteiger partial charge is 0.508 e. The fraction of sp³-hybridized carbons (Fsp3) is 0.400. The summed E-state index contributed by atoms with van der Waals surface area (Å²) in [6.45, 7) is 5.12. The van der Waals surface area contributed by atoms with Crippen LogP contribution in [0, 0.1) is 6.92 Å². The zero-order valence-corrected chi connectivity index (χ0v) is 12.2. The predicted octanol–water partition coefficient (Wildman–Crippen LogP) is 3.27. The molecule has 0 fully saturated rings. The zero-order valence-electron chi connectivity index (χ0n) is 11.4. The van der Waals surface area contributed by atoms with E-state index in [0.717, 1.165) is 24.4 Å². The van der Waals surface area contributed by atoms with Gasteiger partial charge in [-0.2, -0.15) is 0 Å². The average Bonchev–Trinajstić information content (AvgIpc) is 2.81. The molecule has 4 heteroatoms. The van der Waals surface area contributed by atoms with Crippen LogP contribution in [-0.2, 0) is 13.0 Å². The molecule has 1 aromatic carbocycles. The molecule has 1 atom stereocenters. The Morgan fingerprint density at radius 3 is 2.68 bits per heavy atom. The number of phenols is 1. The second kappa shape index (κ2) is 6.68. The van der Waals surface area contributed by atoms with Crippen molar-refractivity contribution in [2.24, 2.45) is 0 Å². The van der Waals surface area contributed by atoms with Gasteiger partial charge in [-0.25, -0.2) is 4.98 Å². The Bertz CT molecular complexity index is 507. The van der Waals surface area contributed by atoms with Gasteiger partial charge in [-0.15, -0.1) is 11.3 Å². The minimum atomic E-state index is 0.328. The number of nitrogens with zero attached hydrogens (tertiary/aromatic N) is 1. The summed E-state index contributed by atoms with van der Waals surface area (Å²) in [6, 6.07) is 7.90. The van der Waals surface area contributed by atoms with Crippen molar-refractivity contribution in [2.75, 3.05) is 0 Å². The van der Waals surface area contributed by atoms with Crippen LogP contribution < -0.4 is 5.32 Å². The monoisotopic (exact) mass is 276 g/mol. The predicted molar refractivity (Wildman–Crippen MR) is 79.6 cm³/mol. The van der Waals surface area contributed by atoms with Gasteiger partial charge < -0.3 is 10.4 Å². The van der Waals surface area contributed by atoms with Gasteiger partial charge in [-0.05, 0) is 44.4 Å². The SMILES string of the molecule is Cc1cnc(CNC(C)CCc2ccc(O)cc2)s1. The van der Waals surface area contributed by atoms with E-state index < -0.39 is 0 Å². The molecule has 0 aliphatic heterocycles. The molecular weight excluding hydrogens is 256 g/mol. The Morgan fingerprint density at radius 1 is 1.32 bits per heavy atom. The van der Waals surface area contributed by atoms with Crippen LogP contribution in [0.25, 0.3) is 0 Å². The highest BCUT2D eigenvalue weighted by atomic mass is 32.1. The Balaban J connectivity index is 1.72. The molecule has 2 rings (SSSR count). The lowest BCUT2D eigenvalue weighted by molar-refractivity contribution is 0.474. The Morgan fingerprint density at radius 2 is 2.05 bits per heavy atom. The third kappa shape index (κ3) is 4.65. The number of benzene rings is 1. The van der Waals surface area contributed by atoms with Crippen molar-refractivity contribution in [3.8, 4) is 5.75 Å². The summed E-state index contributed by atoms with van der Waals surface area (Å²) in [4.78, 5) is 5.60. The fourth-order valence-corrected chi connectivity index (χ4v) is 2.63. The highest BCUT2D eigenvalue weighted by molar-refractivity contribution is 7.11. The lowest BCUT2D eigenvalue weighted by atomic mass is 10.1. The van der Waals surface area contributed by atoms with Crippen molar-refractivity contribution in [3.05, 3.63) is 45.9 Å². The minimum absolute atomic E-state index is 0.328. The maximum atomic E-state index is 9.23. The molecule has 0 radical (unpaired) electrons. The van der Waals surface area contributed by atoms with Crippen LogP contribution in [0.3, 0.4) is 0 Å². The van der Waals surface area contributed by atoms with Gasteiger partial charge in [-0.1, -0.05) is 12.1 Å². The third-order valence-electron chi connectivity index (χ3n) is 3.07. The highest BCUT2D eigenvalue weighted by Crippen LogP contribution is 2.13. The van der Waals surface area contributed by atoms with Gasteiger partial charge in [0.2, 0.25) is 0 Å². The summed E-state index contributed by atoms with van der Waals surface area (Å²) in [5.41, 5.74) is 1.26. The van der Waals surface area contributed by atoms with E-state index in [1.165, 1.54) is 10.4 Å². The standard InChI is InChI=1S/C15H20N2OS/c1-11(16-10-15-17-9-12(2)19-15)3-4-13-5-7-14(18)8-6-13/h5-9,11,16,18H,3-4,10H2,1-2H3. The van der Waals surface area contributed by atoms with Gasteiger partial charge in [0, 0.05) is 23.7 Å². The van der Waals surface area contributed by atoms with E-state index in [9.17, 15) is 5.11 Å². The van der Waals surface area contributed by atoms with E-state index in [4.69, 9.17) is 0 Å². The summed E-state index contributed by atoms with van der Waals surface area (Å²) in [6.07, 6.45) is 4.02. The molecule has 19 heavy (non-hydrogen) atoms. The number of aromatic nitrogens is 1. The van der Waals surface area contributed by atoms with Crippen LogP contribution in [0.2, 0.25) is 0 Å². The number of aryl methyl sites for hydroxylation is 2. The van der Waals surface area contributed by atoms with E-state index >= 15 is 0 Å². The van der Waals surface area contributed by atoms with Crippen LogP contribution in [-0.4, -0.2) is 16.1 Å². The van der Waals surface area contributed by atoms with Crippen molar-refractivity contribution in [3.63, 3.8) is 0 Å². The van der Waals surface area contributed by atoms with Gasteiger partial charge in [0.25, 0.3) is 0 Å². The van der Waals surface area contributed by atoms with Gasteiger partial charge in [0.05, 0.1) is 0 Å². The number of rotatable bonds is 6. The molecule has 3 nitrogen and oxygen atoms in total. The molecule has 1 unspecified atom stereocenters. The first-order valence-electron chi connectivity index (χ1n) is 6.56. The normalized spacial score (nSPS) is 12.5. The molecule has 2 aromatic rings. The van der Waals surface area contributed by atoms with E-state index in [-0.39, 0.29) is 0 Å². The van der Waals surface area contributed by atoms with Crippen LogP contribution >= 0.6 is 11.3 Å². The molecule has 1 aromatic heterocycles. The number of hydrogen-bond donors (Lipinski definition) is 2. The topological polar surface area (TPSA) is 45.2 Å². The number of nitrogens with one attached hydrogen (secondary N) is 1. The fourth-order valence-electron chi connectivity index (χ4n) is 1.89. The average molecular weight is 276 g/mol. The van der Waals surface area contributed by atoms with Gasteiger partial charge >= 0.3 is 0 Å². The van der Waals surface area contributed by atoms with Crippen molar-refractivity contribution in [2.45, 2.75) is 39.3 Å². The van der Waals surface area contributed by atoms with Crippen LogP contribution in [0.15, 0.2) is 30.5 Å². The lowest BCUT2D eigenvalue weighted by Crippen LogP contribution is -2.25. The summed E-state index contributed by atoms with van der Waals surface area (Å²) in [5.74, 6) is 0.328. The summed E-state index contributed by atoms with van der Waals surface area (Å²) in [7, 11) is 0. The molecule has 0 saturated carbocycles. The van der Waals surface area contributed by atoms with E-state index in [1.54, 1.807) is 23.5 Å². The molecule has 0 bridgehead atoms. The first-order chi connectivity index (χ1) is 9.13. The molecule has 0 aliphatic carbocycles. The van der Waals surface area contributed by atoms with E-state index in [0.29, 0.717) is 11.8 Å². The smallest absolute Gasteiger partial charge is 0.115 e. The molecule has 0 saturated heterocycles. The first-order valence-corrected chi connectivity index (χ1v) is 7.38. The molecule has 102 valence electrons. The summed E-state index contributed by atoms with van der Waals surface area (Å²) < 4.78 is 0. The number of aromatic hydroxyl groups is 1. The Kier molecular flexibility index (Phi) is 4.93. The highest BCUT2D eigenvalue weighted by Gasteiger charge is 2.04. The third-order valence-corrected chi connectivity index (χ3v) is 3.99. The van der Waals surface area contributed by atoms with E-state index in [2.05, 4.69) is 24.1 Å². The first kappa shape index (κ1) is 14.0. The molecule has 0 spiro atoms. The van der Waals surface area contributed by atoms with Gasteiger partial charge in [0.1, 0.15) is 10.8 Å². The second-order valence-electron chi connectivity index (χ2n) is 4.85. The number of hydrogen-bond acceptors (Lipinski definition) is 4. The Hall–Kier alpha value is -1.39. The molecule has 2 N–H and O–H groups in total. The van der Waals surface area contributed by atoms with Crippen LogP contribution in [0.1, 0.15) is 28.8 Å². The van der Waals surface area contributed by atoms with Crippen molar-refractivity contribution in [1.29, 1.82) is 0 Å². The van der Waals surface area contributed by atoms with Crippen LogP contribution in [0.4, 0.5) is 0 Å². The van der Waals surface area contributed by atoms with Crippen molar-refractivity contribution in [1.82, 2.24) is 10.3 Å². The Labute approximate surface area is 118 Å². The minimum Gasteiger partial charge on any atom is -0.508 e. The second-order valence-corrected chi connectivity index (χ2v) is 6.17. The quantitative estimate of drug-likeness (QED) is 0.851. The molecular formula is C15H20N2OS.